The summed E-state index contributed by atoms with van der Waals surface area (Å²) in [6.07, 6.45) is 0.109. The second-order valence-electron chi connectivity index (χ2n) is 8.71. The zero-order valence-corrected chi connectivity index (χ0v) is 22.2. The molecule has 1 unspecified atom stereocenters. The third-order valence-electron chi connectivity index (χ3n) is 5.95. The predicted molar refractivity (Wildman–Crippen MR) is 141 cm³/mol. The van der Waals surface area contributed by atoms with Crippen molar-refractivity contribution in [2.24, 2.45) is 0 Å². The van der Waals surface area contributed by atoms with Gasteiger partial charge in [-0.3, -0.25) is 9.59 Å². The van der Waals surface area contributed by atoms with Gasteiger partial charge in [-0.2, -0.15) is 12.7 Å². The summed E-state index contributed by atoms with van der Waals surface area (Å²) in [7, 11) is -0.175. The van der Waals surface area contributed by atoms with Crippen LogP contribution in [0.5, 0.6) is 0 Å². The van der Waals surface area contributed by atoms with E-state index < -0.39 is 46.2 Å². The number of carbonyl (C=O) groups excluding carboxylic acids is 2. The van der Waals surface area contributed by atoms with Gasteiger partial charge in [0.2, 0.25) is 11.8 Å². The van der Waals surface area contributed by atoms with Crippen LogP contribution in [0.3, 0.4) is 0 Å². The van der Waals surface area contributed by atoms with Gasteiger partial charge in [-0.1, -0.05) is 48.5 Å². The van der Waals surface area contributed by atoms with E-state index in [0.29, 0.717) is 0 Å². The van der Waals surface area contributed by atoms with Crippen LogP contribution in [0.4, 0.5) is 14.5 Å². The molecule has 0 saturated heterocycles. The first kappa shape index (κ1) is 28.7. The lowest BCUT2D eigenvalue weighted by Gasteiger charge is -2.34. The Morgan fingerprint density at radius 3 is 2.08 bits per heavy atom. The fraction of sp³-hybridized carbons (Fsp3) is 0.259. The Hall–Kier alpha value is -3.83. The number of halogens is 2. The standard InChI is InChI=1S/C27H30F2N4O4S/c1-30-27(35)25(17-20-9-5-4-6-10-20)32(18-21-11-7-8-12-24(21)29)26(34)19-33(38(36,37)31(2)3)23-15-13-22(28)14-16-23/h4-16,25H,17-19H2,1-3H3,(H,30,35). The average molecular weight is 545 g/mol. The molecule has 0 fully saturated rings. The molecule has 3 aromatic carbocycles. The molecule has 3 rings (SSSR count). The number of nitrogens with one attached hydrogen (secondary N) is 1. The molecule has 11 heteroatoms. The molecule has 0 aliphatic carbocycles. The highest BCUT2D eigenvalue weighted by Crippen LogP contribution is 2.22. The minimum absolute atomic E-state index is 0.0545. The fourth-order valence-electron chi connectivity index (χ4n) is 3.85. The van der Waals surface area contributed by atoms with Gasteiger partial charge in [-0.05, 0) is 35.9 Å². The van der Waals surface area contributed by atoms with Crippen LogP contribution in [0, 0.1) is 11.6 Å². The maximum Gasteiger partial charge on any atom is 0.304 e. The lowest BCUT2D eigenvalue weighted by molar-refractivity contribution is -0.139. The van der Waals surface area contributed by atoms with E-state index >= 15 is 0 Å². The van der Waals surface area contributed by atoms with Gasteiger partial charge in [0.05, 0.1) is 5.69 Å². The Labute approximate surface area is 221 Å². The number of carbonyl (C=O) groups is 2. The second kappa shape index (κ2) is 12.6. The number of likely N-dealkylation sites (N-methyl/N-ethyl adjacent to an activating group) is 1. The molecular weight excluding hydrogens is 514 g/mol. The summed E-state index contributed by atoms with van der Waals surface area (Å²) in [5, 5.41) is 2.55. The first-order chi connectivity index (χ1) is 18.0. The largest absolute Gasteiger partial charge is 0.357 e. The van der Waals surface area contributed by atoms with Crippen LogP contribution < -0.4 is 9.62 Å². The number of hydrogen-bond donors (Lipinski definition) is 1. The highest BCUT2D eigenvalue weighted by Gasteiger charge is 2.34. The van der Waals surface area contributed by atoms with Crippen molar-refractivity contribution in [1.29, 1.82) is 0 Å². The van der Waals surface area contributed by atoms with Crippen LogP contribution in [-0.4, -0.2) is 63.2 Å². The summed E-state index contributed by atoms with van der Waals surface area (Å²) >= 11 is 0. The van der Waals surface area contributed by atoms with E-state index in [1.807, 2.05) is 6.07 Å². The number of rotatable bonds is 11. The summed E-state index contributed by atoms with van der Waals surface area (Å²) in [5.41, 5.74) is 0.967. The first-order valence-corrected chi connectivity index (χ1v) is 13.2. The van der Waals surface area contributed by atoms with E-state index in [4.69, 9.17) is 0 Å². The van der Waals surface area contributed by atoms with Crippen LogP contribution in [0.25, 0.3) is 0 Å². The monoisotopic (exact) mass is 544 g/mol. The van der Waals surface area contributed by atoms with Crippen LogP contribution in [0.1, 0.15) is 11.1 Å². The third kappa shape index (κ3) is 6.93. The zero-order valence-electron chi connectivity index (χ0n) is 21.3. The zero-order chi connectivity index (χ0) is 27.9. The molecule has 1 N–H and O–H groups in total. The van der Waals surface area contributed by atoms with Crippen LogP contribution in [0.2, 0.25) is 0 Å². The lowest BCUT2D eigenvalue weighted by atomic mass is 10.0. The van der Waals surface area contributed by atoms with Gasteiger partial charge in [0.15, 0.2) is 0 Å². The van der Waals surface area contributed by atoms with Gasteiger partial charge < -0.3 is 10.2 Å². The van der Waals surface area contributed by atoms with Gasteiger partial charge in [-0.15, -0.1) is 0 Å². The smallest absolute Gasteiger partial charge is 0.304 e. The van der Waals surface area contributed by atoms with Crippen LogP contribution in [-0.2, 0) is 32.8 Å². The van der Waals surface area contributed by atoms with Crippen molar-refractivity contribution in [3.63, 3.8) is 0 Å². The molecule has 0 radical (unpaired) electrons. The van der Waals surface area contributed by atoms with E-state index in [-0.39, 0.29) is 24.2 Å². The molecule has 0 heterocycles. The van der Waals surface area contributed by atoms with Crippen molar-refractivity contribution >= 4 is 27.7 Å². The van der Waals surface area contributed by atoms with E-state index in [1.54, 1.807) is 30.3 Å². The quantitative estimate of drug-likeness (QED) is 0.402. The third-order valence-corrected chi connectivity index (χ3v) is 7.77. The lowest BCUT2D eigenvalue weighted by Crippen LogP contribution is -2.54. The Morgan fingerprint density at radius 2 is 1.50 bits per heavy atom. The molecule has 0 aliphatic heterocycles. The van der Waals surface area contributed by atoms with Gasteiger partial charge in [0, 0.05) is 39.7 Å². The fourth-order valence-corrected chi connectivity index (χ4v) is 4.91. The molecule has 202 valence electrons. The van der Waals surface area contributed by atoms with E-state index in [2.05, 4.69) is 5.32 Å². The SMILES string of the molecule is CNC(=O)C(Cc1ccccc1)N(Cc1ccccc1F)C(=O)CN(c1ccc(F)cc1)S(=O)(=O)N(C)C. The molecule has 0 spiro atoms. The van der Waals surface area contributed by atoms with Crippen molar-refractivity contribution in [2.75, 3.05) is 32.0 Å². The van der Waals surface area contributed by atoms with Gasteiger partial charge >= 0.3 is 10.2 Å². The molecule has 0 aliphatic rings. The summed E-state index contributed by atoms with van der Waals surface area (Å²) in [5.74, 6) is -2.39. The van der Waals surface area contributed by atoms with Crippen LogP contribution >= 0.6 is 0 Å². The van der Waals surface area contributed by atoms with E-state index in [0.717, 1.165) is 26.3 Å². The number of benzene rings is 3. The molecule has 2 amide bonds. The number of amides is 2. The molecule has 3 aromatic rings. The molecule has 1 atom stereocenters. The van der Waals surface area contributed by atoms with Crippen molar-refractivity contribution in [3.05, 3.63) is 102 Å². The maximum atomic E-state index is 14.7. The molecule has 0 saturated carbocycles. The number of anilines is 1. The minimum atomic E-state index is -4.20. The summed E-state index contributed by atoms with van der Waals surface area (Å²) in [4.78, 5) is 28.1. The topological polar surface area (TPSA) is 90.0 Å². The first-order valence-electron chi connectivity index (χ1n) is 11.8. The molecule has 0 bridgehead atoms. The highest BCUT2D eigenvalue weighted by atomic mass is 32.2. The van der Waals surface area contributed by atoms with Crippen LogP contribution in [0.15, 0.2) is 78.9 Å². The van der Waals surface area contributed by atoms with Crippen molar-refractivity contribution in [3.8, 4) is 0 Å². The second-order valence-corrected chi connectivity index (χ2v) is 10.8. The molecular formula is C27H30F2N4O4S. The Kier molecular flexibility index (Phi) is 9.54. The Balaban J connectivity index is 2.07. The van der Waals surface area contributed by atoms with Gasteiger partial charge in [0.1, 0.15) is 24.2 Å². The normalized spacial score (nSPS) is 12.2. The maximum absolute atomic E-state index is 14.7. The number of hydrogen-bond acceptors (Lipinski definition) is 4. The summed E-state index contributed by atoms with van der Waals surface area (Å²) in [6.45, 7) is -0.988. The van der Waals surface area contributed by atoms with Crippen molar-refractivity contribution < 1.29 is 26.8 Å². The molecule has 0 aromatic heterocycles. The summed E-state index contributed by atoms with van der Waals surface area (Å²) in [6, 6.07) is 18.4. The van der Waals surface area contributed by atoms with Crippen molar-refractivity contribution in [1.82, 2.24) is 14.5 Å². The average Bonchev–Trinajstić information content (AvgIpc) is 2.90. The summed E-state index contributed by atoms with van der Waals surface area (Å²) < 4.78 is 56.4. The molecule has 8 nitrogen and oxygen atoms in total. The Bertz CT molecular complexity index is 1350. The predicted octanol–water partition coefficient (Wildman–Crippen LogP) is 2.96. The van der Waals surface area contributed by atoms with Gasteiger partial charge in [0.25, 0.3) is 0 Å². The minimum Gasteiger partial charge on any atom is -0.357 e. The van der Waals surface area contributed by atoms with E-state index in [1.165, 1.54) is 56.4 Å². The number of nitrogens with zero attached hydrogens (tertiary/aromatic N) is 3. The van der Waals surface area contributed by atoms with Crippen molar-refractivity contribution in [2.45, 2.75) is 19.0 Å². The Morgan fingerprint density at radius 1 is 0.895 bits per heavy atom. The highest BCUT2D eigenvalue weighted by molar-refractivity contribution is 7.90. The molecule has 38 heavy (non-hydrogen) atoms. The van der Waals surface area contributed by atoms with E-state index in [9.17, 15) is 26.8 Å². The van der Waals surface area contributed by atoms with Gasteiger partial charge in [-0.25, -0.2) is 13.1 Å².